The fraction of sp³-hybridized carbons (Fsp3) is 0.381. The maximum atomic E-state index is 12.8. The van der Waals surface area contributed by atoms with Crippen molar-refractivity contribution in [1.82, 2.24) is 10.2 Å². The van der Waals surface area contributed by atoms with Gasteiger partial charge in [0.2, 0.25) is 5.91 Å². The molecule has 0 saturated heterocycles. The fourth-order valence-electron chi connectivity index (χ4n) is 3.11. The number of amides is 1. The van der Waals surface area contributed by atoms with Gasteiger partial charge in [-0.05, 0) is 48.5 Å². The summed E-state index contributed by atoms with van der Waals surface area (Å²) in [5.41, 5.74) is 7.19. The maximum Gasteiger partial charge on any atom is 0.416 e. The van der Waals surface area contributed by atoms with Crippen LogP contribution in [0.25, 0.3) is 0 Å². The number of nitrogen functional groups attached to an aromatic ring is 1. The third-order valence-electron chi connectivity index (χ3n) is 4.71. The number of halogens is 3. The first kappa shape index (κ1) is 21.8. The molecule has 0 aliphatic carbocycles. The van der Waals surface area contributed by atoms with Crippen LogP contribution in [0.3, 0.4) is 0 Å². The van der Waals surface area contributed by atoms with Crippen molar-refractivity contribution < 1.29 is 18.0 Å². The molecule has 0 aliphatic heterocycles. The topological polar surface area (TPSA) is 58.4 Å². The molecule has 2 aromatic carbocycles. The van der Waals surface area contributed by atoms with E-state index >= 15 is 0 Å². The van der Waals surface area contributed by atoms with Crippen LogP contribution >= 0.6 is 0 Å². The van der Waals surface area contributed by atoms with E-state index in [9.17, 15) is 18.0 Å². The first-order valence-corrected chi connectivity index (χ1v) is 9.26. The van der Waals surface area contributed by atoms with Gasteiger partial charge in [-0.15, -0.1) is 0 Å². The summed E-state index contributed by atoms with van der Waals surface area (Å²) in [7, 11) is 0. The standard InChI is InChI=1S/C21H26F3N3O/c1-3-27(4-2)19(16-7-9-17(10-8-16)21(22,23)24)14-26-20(28)13-15-5-11-18(25)12-6-15/h5-12,19H,3-4,13-14,25H2,1-2H3,(H,26,28). The van der Waals surface area contributed by atoms with E-state index in [0.717, 1.165) is 36.3 Å². The summed E-state index contributed by atoms with van der Waals surface area (Å²) < 4.78 is 38.5. The van der Waals surface area contributed by atoms with Gasteiger partial charge in [0.05, 0.1) is 18.0 Å². The summed E-state index contributed by atoms with van der Waals surface area (Å²) in [6, 6.07) is 12.0. The number of likely N-dealkylation sites (N-methyl/N-ethyl adjacent to an activating group) is 1. The summed E-state index contributed by atoms with van der Waals surface area (Å²) in [4.78, 5) is 14.4. The first-order chi connectivity index (χ1) is 13.2. The van der Waals surface area contributed by atoms with Gasteiger partial charge in [-0.3, -0.25) is 9.69 Å². The van der Waals surface area contributed by atoms with Crippen LogP contribution in [0, 0.1) is 0 Å². The highest BCUT2D eigenvalue weighted by Crippen LogP contribution is 2.30. The van der Waals surface area contributed by atoms with Gasteiger partial charge in [0.15, 0.2) is 0 Å². The molecule has 1 amide bonds. The third-order valence-corrected chi connectivity index (χ3v) is 4.71. The van der Waals surface area contributed by atoms with E-state index < -0.39 is 11.7 Å². The van der Waals surface area contributed by atoms with Crippen molar-refractivity contribution in [1.29, 1.82) is 0 Å². The SMILES string of the molecule is CCN(CC)C(CNC(=O)Cc1ccc(N)cc1)c1ccc(C(F)(F)F)cc1. The Labute approximate surface area is 163 Å². The van der Waals surface area contributed by atoms with Gasteiger partial charge < -0.3 is 11.1 Å². The molecule has 152 valence electrons. The smallest absolute Gasteiger partial charge is 0.399 e. The summed E-state index contributed by atoms with van der Waals surface area (Å²) in [6.45, 7) is 5.72. The summed E-state index contributed by atoms with van der Waals surface area (Å²) in [5.74, 6) is -0.145. The summed E-state index contributed by atoms with van der Waals surface area (Å²) >= 11 is 0. The van der Waals surface area contributed by atoms with Crippen LogP contribution in [0.15, 0.2) is 48.5 Å². The van der Waals surface area contributed by atoms with E-state index in [4.69, 9.17) is 5.73 Å². The van der Waals surface area contributed by atoms with Crippen molar-refractivity contribution in [3.63, 3.8) is 0 Å². The van der Waals surface area contributed by atoms with Crippen LogP contribution < -0.4 is 11.1 Å². The Morgan fingerprint density at radius 2 is 1.61 bits per heavy atom. The molecule has 0 aliphatic rings. The number of nitrogens with one attached hydrogen (secondary N) is 1. The van der Waals surface area contributed by atoms with E-state index in [1.54, 1.807) is 24.3 Å². The molecule has 0 fully saturated rings. The molecule has 3 N–H and O–H groups in total. The molecule has 0 radical (unpaired) electrons. The largest absolute Gasteiger partial charge is 0.416 e. The van der Waals surface area contributed by atoms with Gasteiger partial charge >= 0.3 is 6.18 Å². The lowest BCUT2D eigenvalue weighted by atomic mass is 10.0. The summed E-state index contributed by atoms with van der Waals surface area (Å²) in [6.07, 6.45) is -4.14. The molecule has 0 heterocycles. The van der Waals surface area contributed by atoms with Crippen LogP contribution in [-0.2, 0) is 17.4 Å². The first-order valence-electron chi connectivity index (χ1n) is 9.26. The van der Waals surface area contributed by atoms with Crippen molar-refractivity contribution in [2.75, 3.05) is 25.4 Å². The molecule has 0 saturated carbocycles. The van der Waals surface area contributed by atoms with Gasteiger partial charge in [0.1, 0.15) is 0 Å². The molecule has 0 spiro atoms. The number of rotatable bonds is 8. The number of nitrogens with two attached hydrogens (primary N) is 1. The second-order valence-corrected chi connectivity index (χ2v) is 6.58. The van der Waals surface area contributed by atoms with Crippen molar-refractivity contribution in [2.45, 2.75) is 32.5 Å². The lowest BCUT2D eigenvalue weighted by Gasteiger charge is -2.30. The molecule has 4 nitrogen and oxygen atoms in total. The van der Waals surface area contributed by atoms with E-state index in [1.165, 1.54) is 12.1 Å². The zero-order valence-corrected chi connectivity index (χ0v) is 16.1. The van der Waals surface area contributed by atoms with E-state index in [-0.39, 0.29) is 18.4 Å². The zero-order valence-electron chi connectivity index (χ0n) is 16.1. The third kappa shape index (κ3) is 5.99. The lowest BCUT2D eigenvalue weighted by molar-refractivity contribution is -0.137. The summed E-state index contributed by atoms with van der Waals surface area (Å²) in [5, 5.41) is 2.90. The minimum absolute atomic E-state index is 0.145. The monoisotopic (exact) mass is 393 g/mol. The Morgan fingerprint density at radius 1 is 1.04 bits per heavy atom. The van der Waals surface area contributed by atoms with Crippen molar-refractivity contribution >= 4 is 11.6 Å². The van der Waals surface area contributed by atoms with E-state index in [1.807, 2.05) is 13.8 Å². The fourth-order valence-corrected chi connectivity index (χ4v) is 3.11. The van der Waals surface area contributed by atoms with Crippen molar-refractivity contribution in [2.24, 2.45) is 0 Å². The molecule has 0 aromatic heterocycles. The quantitative estimate of drug-likeness (QED) is 0.666. The Kier molecular flexibility index (Phi) is 7.45. The maximum absolute atomic E-state index is 12.8. The molecule has 2 rings (SSSR count). The predicted molar refractivity (Wildman–Crippen MR) is 105 cm³/mol. The predicted octanol–water partition coefficient (Wildman–Crippen LogP) is 4.03. The number of nitrogens with zero attached hydrogens (tertiary/aromatic N) is 1. The van der Waals surface area contributed by atoms with Gasteiger partial charge in [-0.1, -0.05) is 38.1 Å². The van der Waals surface area contributed by atoms with Gasteiger partial charge in [-0.25, -0.2) is 0 Å². The highest BCUT2D eigenvalue weighted by atomic mass is 19.4. The average molecular weight is 393 g/mol. The van der Waals surface area contributed by atoms with Crippen molar-refractivity contribution in [3.05, 3.63) is 65.2 Å². The Morgan fingerprint density at radius 3 is 2.11 bits per heavy atom. The average Bonchev–Trinajstić information content (AvgIpc) is 2.66. The van der Waals surface area contributed by atoms with E-state index in [2.05, 4.69) is 10.2 Å². The Hall–Kier alpha value is -2.54. The van der Waals surface area contributed by atoms with Gasteiger partial charge in [0.25, 0.3) is 0 Å². The van der Waals surface area contributed by atoms with Crippen LogP contribution in [0.4, 0.5) is 18.9 Å². The van der Waals surface area contributed by atoms with Crippen LogP contribution in [0.5, 0.6) is 0 Å². The molecule has 28 heavy (non-hydrogen) atoms. The second kappa shape index (κ2) is 9.59. The van der Waals surface area contributed by atoms with Gasteiger partial charge in [0, 0.05) is 12.2 Å². The molecule has 7 heteroatoms. The number of benzene rings is 2. The lowest BCUT2D eigenvalue weighted by Crippen LogP contribution is -2.38. The van der Waals surface area contributed by atoms with E-state index in [0.29, 0.717) is 12.2 Å². The Bertz CT molecular complexity index is 754. The molecule has 1 unspecified atom stereocenters. The van der Waals surface area contributed by atoms with Crippen molar-refractivity contribution in [3.8, 4) is 0 Å². The molecular formula is C21H26F3N3O. The molecule has 2 aromatic rings. The number of carbonyl (C=O) groups is 1. The minimum atomic E-state index is -4.36. The number of carbonyl (C=O) groups excluding carboxylic acids is 1. The number of hydrogen-bond donors (Lipinski definition) is 2. The number of hydrogen-bond acceptors (Lipinski definition) is 3. The van der Waals surface area contributed by atoms with Crippen LogP contribution in [-0.4, -0.2) is 30.4 Å². The van der Waals surface area contributed by atoms with Crippen LogP contribution in [0.2, 0.25) is 0 Å². The second-order valence-electron chi connectivity index (χ2n) is 6.58. The molecular weight excluding hydrogens is 367 g/mol. The number of anilines is 1. The zero-order chi connectivity index (χ0) is 20.7. The molecule has 0 bridgehead atoms. The highest BCUT2D eigenvalue weighted by molar-refractivity contribution is 5.78. The normalized spacial score (nSPS) is 12.8. The Balaban J connectivity index is 2.08. The number of alkyl halides is 3. The highest BCUT2D eigenvalue weighted by Gasteiger charge is 2.30. The van der Waals surface area contributed by atoms with Crippen LogP contribution in [0.1, 0.15) is 36.6 Å². The van der Waals surface area contributed by atoms with Gasteiger partial charge in [-0.2, -0.15) is 13.2 Å². The molecule has 1 atom stereocenters. The minimum Gasteiger partial charge on any atom is -0.399 e.